The first-order valence-electron chi connectivity index (χ1n) is 5.28. The minimum absolute atomic E-state index is 0.00703. The third-order valence-electron chi connectivity index (χ3n) is 2.42. The zero-order chi connectivity index (χ0) is 13.8. The van der Waals surface area contributed by atoms with E-state index in [0.29, 0.717) is 0 Å². The Morgan fingerprint density at radius 3 is 2.72 bits per heavy atom. The van der Waals surface area contributed by atoms with E-state index in [0.717, 1.165) is 5.56 Å². The van der Waals surface area contributed by atoms with E-state index in [9.17, 15) is 18.5 Å². The fraction of sp³-hybridized carbons (Fsp3) is 0.400. The molecule has 0 aliphatic rings. The number of nitro groups is 1. The van der Waals surface area contributed by atoms with Crippen molar-refractivity contribution in [1.82, 2.24) is 5.32 Å². The number of nitrogens with two attached hydrogens (primary N) is 1. The van der Waals surface area contributed by atoms with Gasteiger partial charge in [-0.25, -0.2) is 13.6 Å². The maximum Gasteiger partial charge on any atom is 0.269 e. The van der Waals surface area contributed by atoms with Gasteiger partial charge in [0.2, 0.25) is 10.0 Å². The second kappa shape index (κ2) is 5.89. The van der Waals surface area contributed by atoms with E-state index in [4.69, 9.17) is 5.14 Å². The number of nitrogens with zero attached hydrogens (tertiary/aromatic N) is 1. The average Bonchev–Trinajstić information content (AvgIpc) is 2.27. The van der Waals surface area contributed by atoms with E-state index < -0.39 is 14.9 Å². The molecule has 1 rings (SSSR count). The van der Waals surface area contributed by atoms with E-state index in [-0.39, 0.29) is 24.0 Å². The largest absolute Gasteiger partial charge is 0.309 e. The zero-order valence-electron chi connectivity index (χ0n) is 9.87. The van der Waals surface area contributed by atoms with Crippen LogP contribution in [-0.4, -0.2) is 25.6 Å². The molecule has 0 aliphatic heterocycles. The lowest BCUT2D eigenvalue weighted by Gasteiger charge is -2.13. The van der Waals surface area contributed by atoms with Crippen LogP contribution in [0.25, 0.3) is 0 Å². The molecule has 1 aromatic rings. The molecule has 0 saturated carbocycles. The summed E-state index contributed by atoms with van der Waals surface area (Å²) in [5.41, 5.74) is 0.728. The van der Waals surface area contributed by atoms with Gasteiger partial charge in [0, 0.05) is 24.7 Å². The van der Waals surface area contributed by atoms with Crippen LogP contribution in [0.2, 0.25) is 0 Å². The standard InChI is InChI=1S/C10H15N3O4S/c1-8(12-5-6-18(11,16)17)9-3-2-4-10(7-9)13(14)15/h2-4,7-8,12H,5-6H2,1H3,(H2,11,16,17). The average molecular weight is 273 g/mol. The number of hydrogen-bond donors (Lipinski definition) is 2. The SMILES string of the molecule is CC(NCCS(N)(=O)=O)c1cccc([N+](=O)[O-])c1. The molecule has 1 aromatic carbocycles. The molecule has 100 valence electrons. The van der Waals surface area contributed by atoms with Gasteiger partial charge in [0.25, 0.3) is 5.69 Å². The lowest BCUT2D eigenvalue weighted by Crippen LogP contribution is -2.28. The molecule has 0 saturated heterocycles. The van der Waals surface area contributed by atoms with Gasteiger partial charge in [0.15, 0.2) is 0 Å². The first kappa shape index (κ1) is 14.6. The first-order chi connectivity index (χ1) is 8.29. The van der Waals surface area contributed by atoms with Crippen LogP contribution in [0.5, 0.6) is 0 Å². The number of nitrogens with one attached hydrogen (secondary N) is 1. The minimum Gasteiger partial charge on any atom is -0.309 e. The zero-order valence-corrected chi connectivity index (χ0v) is 10.7. The maximum absolute atomic E-state index is 10.7. The molecule has 7 nitrogen and oxygen atoms in total. The number of benzene rings is 1. The predicted molar refractivity (Wildman–Crippen MR) is 67.5 cm³/mol. The summed E-state index contributed by atoms with van der Waals surface area (Å²) in [6, 6.07) is 5.99. The third-order valence-corrected chi connectivity index (χ3v) is 3.19. The van der Waals surface area contributed by atoms with E-state index in [2.05, 4.69) is 5.32 Å². The van der Waals surface area contributed by atoms with Crippen molar-refractivity contribution >= 4 is 15.7 Å². The summed E-state index contributed by atoms with van der Waals surface area (Å²) in [5, 5.41) is 18.4. The van der Waals surface area contributed by atoms with Gasteiger partial charge in [0.05, 0.1) is 10.7 Å². The van der Waals surface area contributed by atoms with Crippen LogP contribution in [0.15, 0.2) is 24.3 Å². The van der Waals surface area contributed by atoms with Crippen molar-refractivity contribution in [2.75, 3.05) is 12.3 Å². The summed E-state index contributed by atoms with van der Waals surface area (Å²) in [4.78, 5) is 10.1. The van der Waals surface area contributed by atoms with Gasteiger partial charge in [-0.15, -0.1) is 0 Å². The van der Waals surface area contributed by atoms with E-state index in [1.54, 1.807) is 19.1 Å². The van der Waals surface area contributed by atoms with Gasteiger partial charge in [-0.1, -0.05) is 12.1 Å². The highest BCUT2D eigenvalue weighted by molar-refractivity contribution is 7.89. The summed E-state index contributed by atoms with van der Waals surface area (Å²) in [6.45, 7) is 1.99. The summed E-state index contributed by atoms with van der Waals surface area (Å²) < 4.78 is 21.5. The highest BCUT2D eigenvalue weighted by Gasteiger charge is 2.11. The Balaban J connectivity index is 2.64. The molecular weight excluding hydrogens is 258 g/mol. The number of sulfonamides is 1. The van der Waals surface area contributed by atoms with Crippen molar-refractivity contribution in [1.29, 1.82) is 0 Å². The molecule has 0 fully saturated rings. The van der Waals surface area contributed by atoms with Crippen LogP contribution in [-0.2, 0) is 10.0 Å². The van der Waals surface area contributed by atoms with Crippen LogP contribution >= 0.6 is 0 Å². The van der Waals surface area contributed by atoms with Gasteiger partial charge in [-0.2, -0.15) is 0 Å². The molecule has 1 unspecified atom stereocenters. The Kier molecular flexibility index (Phi) is 4.76. The molecule has 0 bridgehead atoms. The van der Waals surface area contributed by atoms with Gasteiger partial charge < -0.3 is 5.32 Å². The molecule has 0 radical (unpaired) electrons. The molecule has 0 spiro atoms. The van der Waals surface area contributed by atoms with Crippen LogP contribution in [0, 0.1) is 10.1 Å². The Labute approximate surface area is 105 Å². The molecule has 8 heteroatoms. The van der Waals surface area contributed by atoms with Crippen LogP contribution < -0.4 is 10.5 Å². The van der Waals surface area contributed by atoms with Crippen molar-refractivity contribution in [2.45, 2.75) is 13.0 Å². The Hall–Kier alpha value is -1.51. The monoisotopic (exact) mass is 273 g/mol. The van der Waals surface area contributed by atoms with Gasteiger partial charge in [-0.05, 0) is 12.5 Å². The predicted octanol–water partition coefficient (Wildman–Crippen LogP) is 0.534. The van der Waals surface area contributed by atoms with Crippen molar-refractivity contribution in [2.24, 2.45) is 5.14 Å². The Morgan fingerprint density at radius 2 is 2.17 bits per heavy atom. The van der Waals surface area contributed by atoms with Crippen LogP contribution in [0.1, 0.15) is 18.5 Å². The molecule has 1 atom stereocenters. The number of primary sulfonamides is 1. The maximum atomic E-state index is 10.7. The number of hydrogen-bond acceptors (Lipinski definition) is 5. The molecule has 18 heavy (non-hydrogen) atoms. The van der Waals surface area contributed by atoms with E-state index in [1.165, 1.54) is 12.1 Å². The van der Waals surface area contributed by atoms with Crippen molar-refractivity contribution in [3.8, 4) is 0 Å². The quantitative estimate of drug-likeness (QED) is 0.579. The Bertz CT molecular complexity index is 530. The summed E-state index contributed by atoms with van der Waals surface area (Å²) in [5.74, 6) is -0.174. The van der Waals surface area contributed by atoms with E-state index >= 15 is 0 Å². The molecular formula is C10H15N3O4S. The normalized spacial score (nSPS) is 13.2. The lowest BCUT2D eigenvalue weighted by atomic mass is 10.1. The topological polar surface area (TPSA) is 115 Å². The Morgan fingerprint density at radius 1 is 1.50 bits per heavy atom. The van der Waals surface area contributed by atoms with Crippen molar-refractivity contribution in [3.05, 3.63) is 39.9 Å². The molecule has 3 N–H and O–H groups in total. The molecule has 0 heterocycles. The number of nitro benzene ring substituents is 1. The lowest BCUT2D eigenvalue weighted by molar-refractivity contribution is -0.384. The summed E-state index contributed by atoms with van der Waals surface area (Å²) in [7, 11) is -3.49. The highest BCUT2D eigenvalue weighted by atomic mass is 32.2. The second-order valence-electron chi connectivity index (χ2n) is 3.89. The third kappa shape index (κ3) is 4.78. The molecule has 0 amide bonds. The summed E-state index contributed by atoms with van der Waals surface area (Å²) in [6.07, 6.45) is 0. The minimum atomic E-state index is -3.49. The van der Waals surface area contributed by atoms with Crippen LogP contribution in [0.4, 0.5) is 5.69 Å². The van der Waals surface area contributed by atoms with Crippen molar-refractivity contribution in [3.63, 3.8) is 0 Å². The molecule has 0 aromatic heterocycles. The second-order valence-corrected chi connectivity index (χ2v) is 5.63. The van der Waals surface area contributed by atoms with Crippen molar-refractivity contribution < 1.29 is 13.3 Å². The first-order valence-corrected chi connectivity index (χ1v) is 6.99. The fourth-order valence-electron chi connectivity index (χ4n) is 1.44. The van der Waals surface area contributed by atoms with Crippen LogP contribution in [0.3, 0.4) is 0 Å². The fourth-order valence-corrected chi connectivity index (χ4v) is 1.85. The number of non-ortho nitro benzene ring substituents is 1. The van der Waals surface area contributed by atoms with Gasteiger partial charge in [0.1, 0.15) is 0 Å². The summed E-state index contributed by atoms with van der Waals surface area (Å²) >= 11 is 0. The van der Waals surface area contributed by atoms with Gasteiger partial charge >= 0.3 is 0 Å². The smallest absolute Gasteiger partial charge is 0.269 e. The highest BCUT2D eigenvalue weighted by Crippen LogP contribution is 2.18. The molecule has 0 aliphatic carbocycles. The van der Waals surface area contributed by atoms with Gasteiger partial charge in [-0.3, -0.25) is 10.1 Å². The van der Waals surface area contributed by atoms with E-state index in [1.807, 2.05) is 0 Å². The number of rotatable bonds is 6.